The number of hydrogen-bond acceptors (Lipinski definition) is 8. The number of piperazine rings is 1. The van der Waals surface area contributed by atoms with Crippen LogP contribution < -0.4 is 30.2 Å². The topological polar surface area (TPSA) is 97.0 Å². The van der Waals surface area contributed by atoms with Crippen LogP contribution in [0.1, 0.15) is 19.8 Å². The van der Waals surface area contributed by atoms with E-state index in [4.69, 9.17) is 14.2 Å². The summed E-state index contributed by atoms with van der Waals surface area (Å²) >= 11 is 0. The van der Waals surface area contributed by atoms with Gasteiger partial charge in [0.2, 0.25) is 5.91 Å². The summed E-state index contributed by atoms with van der Waals surface area (Å²) in [6.45, 7) is 7.97. The molecule has 11 heteroatoms. The van der Waals surface area contributed by atoms with Crippen molar-refractivity contribution in [1.29, 1.82) is 0 Å². The normalized spacial score (nSPS) is 19.4. The molecule has 2 heterocycles. The van der Waals surface area contributed by atoms with Gasteiger partial charge in [-0.2, -0.15) is 0 Å². The summed E-state index contributed by atoms with van der Waals surface area (Å²) in [4.78, 5) is 20.0. The van der Waals surface area contributed by atoms with Crippen molar-refractivity contribution in [2.24, 2.45) is 11.3 Å². The summed E-state index contributed by atoms with van der Waals surface area (Å²) in [5, 5.41) is 10.1. The first-order valence-corrected chi connectivity index (χ1v) is 15.7. The maximum atomic E-state index is 15.3. The number of rotatable bonds is 13. The zero-order valence-corrected chi connectivity index (χ0v) is 26.1. The molecule has 1 aliphatic carbocycles. The van der Waals surface area contributed by atoms with Crippen molar-refractivity contribution in [1.82, 2.24) is 15.2 Å². The zero-order chi connectivity index (χ0) is 32.1. The number of methoxy groups -OCH3 is 1. The van der Waals surface area contributed by atoms with Gasteiger partial charge in [-0.05, 0) is 67.3 Å². The van der Waals surface area contributed by atoms with Crippen LogP contribution in [0.25, 0.3) is 10.9 Å². The zero-order valence-electron chi connectivity index (χ0n) is 26.1. The minimum Gasteiger partial charge on any atom is -0.493 e. The molecule has 4 aromatic rings. The number of fused-ring (bicyclic) bond motifs is 1. The van der Waals surface area contributed by atoms with Crippen LogP contribution >= 0.6 is 0 Å². The fourth-order valence-corrected chi connectivity index (χ4v) is 5.89. The van der Waals surface area contributed by atoms with E-state index < -0.39 is 11.2 Å². The van der Waals surface area contributed by atoms with Crippen LogP contribution in [0.5, 0.6) is 23.0 Å². The van der Waals surface area contributed by atoms with E-state index in [1.54, 1.807) is 37.6 Å². The summed E-state index contributed by atoms with van der Waals surface area (Å²) in [6.07, 6.45) is 3.20. The summed E-state index contributed by atoms with van der Waals surface area (Å²) in [6, 6.07) is 15.6. The van der Waals surface area contributed by atoms with Crippen molar-refractivity contribution in [2.45, 2.75) is 19.8 Å². The molecule has 2 aliphatic rings. The molecule has 0 unspecified atom stereocenters. The molecule has 2 atom stereocenters. The lowest BCUT2D eigenvalue weighted by Crippen LogP contribution is -2.43. The molecule has 0 spiro atoms. The van der Waals surface area contributed by atoms with Gasteiger partial charge in [-0.1, -0.05) is 6.92 Å². The molecule has 1 aliphatic heterocycles. The monoisotopic (exact) mass is 631 g/mol. The van der Waals surface area contributed by atoms with E-state index in [2.05, 4.69) is 25.8 Å². The Morgan fingerprint density at radius 3 is 2.48 bits per heavy atom. The van der Waals surface area contributed by atoms with Crippen LogP contribution in [0.15, 0.2) is 66.9 Å². The predicted molar refractivity (Wildman–Crippen MR) is 174 cm³/mol. The number of nitrogens with zero attached hydrogens (tertiary/aromatic N) is 2. The Morgan fingerprint density at radius 2 is 1.76 bits per heavy atom. The van der Waals surface area contributed by atoms with E-state index in [-0.39, 0.29) is 23.4 Å². The molecule has 9 nitrogen and oxygen atoms in total. The standard InChI is InChI=1S/C35H39F2N5O4/c1-23-21-35(23,34(43)41-25-6-4-24(36)5-7-25)22-40-26-8-9-31(28(37)18-26)46-30-10-11-39-29-20-33(32(44-2)19-27(29)30)45-17-3-14-42-15-12-38-13-16-42/h4-11,18-20,23,38,40H,3,12-17,21-22H2,1-2H3,(H,41,43)/t23-,35+/m1/s1. The van der Waals surface area contributed by atoms with Gasteiger partial charge >= 0.3 is 0 Å². The van der Waals surface area contributed by atoms with Gasteiger partial charge in [0.1, 0.15) is 11.6 Å². The highest BCUT2D eigenvalue weighted by Crippen LogP contribution is 2.53. The minimum atomic E-state index is -0.636. The average molecular weight is 632 g/mol. The Balaban J connectivity index is 1.09. The number of aromatic nitrogens is 1. The number of carbonyl (C=O) groups excluding carboxylic acids is 1. The van der Waals surface area contributed by atoms with Gasteiger partial charge in [0.25, 0.3) is 0 Å². The Hall–Kier alpha value is -4.48. The highest BCUT2D eigenvalue weighted by molar-refractivity contribution is 5.98. The largest absolute Gasteiger partial charge is 0.493 e. The molecule has 46 heavy (non-hydrogen) atoms. The smallest absolute Gasteiger partial charge is 0.232 e. The van der Waals surface area contributed by atoms with Crippen LogP contribution in [-0.2, 0) is 4.79 Å². The molecule has 1 amide bonds. The molecule has 6 rings (SSSR count). The maximum Gasteiger partial charge on any atom is 0.232 e. The van der Waals surface area contributed by atoms with Crippen LogP contribution in [0.4, 0.5) is 20.2 Å². The second-order valence-corrected chi connectivity index (χ2v) is 11.9. The number of ether oxygens (including phenoxy) is 3. The molecule has 0 bridgehead atoms. The first-order chi connectivity index (χ1) is 22.3. The molecule has 242 valence electrons. The van der Waals surface area contributed by atoms with Gasteiger partial charge in [0.05, 0.1) is 24.6 Å². The molecule has 1 saturated heterocycles. The fraction of sp³-hybridized carbons (Fsp3) is 0.371. The average Bonchev–Trinajstić information content (AvgIpc) is 3.74. The summed E-state index contributed by atoms with van der Waals surface area (Å²) in [5.41, 5.74) is 1.06. The van der Waals surface area contributed by atoms with Gasteiger partial charge < -0.3 is 35.1 Å². The van der Waals surface area contributed by atoms with E-state index in [0.29, 0.717) is 59.1 Å². The van der Waals surface area contributed by atoms with Crippen molar-refractivity contribution < 1.29 is 27.8 Å². The Bertz CT molecular complexity index is 1680. The van der Waals surface area contributed by atoms with Crippen molar-refractivity contribution in [3.8, 4) is 23.0 Å². The van der Waals surface area contributed by atoms with Crippen LogP contribution in [0.3, 0.4) is 0 Å². The van der Waals surface area contributed by atoms with Gasteiger partial charge in [0, 0.05) is 74.4 Å². The Kier molecular flexibility index (Phi) is 9.51. The maximum absolute atomic E-state index is 15.3. The first kappa shape index (κ1) is 31.5. The van der Waals surface area contributed by atoms with Crippen molar-refractivity contribution >= 4 is 28.2 Å². The molecule has 0 radical (unpaired) electrons. The number of pyridine rings is 1. The lowest BCUT2D eigenvalue weighted by molar-refractivity contribution is -0.121. The number of benzene rings is 3. The van der Waals surface area contributed by atoms with Crippen LogP contribution in [-0.4, -0.2) is 68.8 Å². The van der Waals surface area contributed by atoms with E-state index in [0.717, 1.165) is 39.1 Å². The van der Waals surface area contributed by atoms with Crippen molar-refractivity contribution in [3.05, 3.63) is 78.5 Å². The van der Waals surface area contributed by atoms with E-state index >= 15 is 4.39 Å². The first-order valence-electron chi connectivity index (χ1n) is 15.7. The van der Waals surface area contributed by atoms with Crippen molar-refractivity contribution in [2.75, 3.05) is 63.6 Å². The molecule has 1 aromatic heterocycles. The third kappa shape index (κ3) is 7.16. The molecule has 1 saturated carbocycles. The number of nitrogens with one attached hydrogen (secondary N) is 3. The molecular weight excluding hydrogens is 592 g/mol. The Morgan fingerprint density at radius 1 is 1.00 bits per heavy atom. The van der Waals surface area contributed by atoms with Crippen molar-refractivity contribution in [3.63, 3.8) is 0 Å². The summed E-state index contributed by atoms with van der Waals surface area (Å²) < 4.78 is 46.3. The SMILES string of the molecule is COc1cc2c(Oc3ccc(NC[C@@]4(C(=O)Nc5ccc(F)cc5)C[C@H]4C)cc3F)ccnc2cc1OCCCN1CCNCC1. The number of hydrogen-bond donors (Lipinski definition) is 3. The number of anilines is 2. The van der Waals surface area contributed by atoms with Gasteiger partial charge in [-0.25, -0.2) is 8.78 Å². The lowest BCUT2D eigenvalue weighted by atomic mass is 10.0. The van der Waals surface area contributed by atoms with Gasteiger partial charge in [0.15, 0.2) is 23.1 Å². The van der Waals surface area contributed by atoms with Crippen LogP contribution in [0.2, 0.25) is 0 Å². The molecule has 3 N–H and O–H groups in total. The lowest BCUT2D eigenvalue weighted by Gasteiger charge is -2.27. The number of halogens is 2. The van der Waals surface area contributed by atoms with E-state index in [9.17, 15) is 9.18 Å². The molecule has 2 fully saturated rings. The number of amides is 1. The third-order valence-electron chi connectivity index (χ3n) is 8.84. The minimum absolute atomic E-state index is 0.0498. The summed E-state index contributed by atoms with van der Waals surface area (Å²) in [7, 11) is 1.58. The van der Waals surface area contributed by atoms with E-state index in [1.165, 1.54) is 30.3 Å². The number of carbonyl (C=O) groups is 1. The van der Waals surface area contributed by atoms with Gasteiger partial charge in [-0.3, -0.25) is 9.78 Å². The highest BCUT2D eigenvalue weighted by atomic mass is 19.1. The molecular formula is C35H39F2N5O4. The Labute approximate surface area is 267 Å². The molecule has 3 aromatic carbocycles. The highest BCUT2D eigenvalue weighted by Gasteiger charge is 2.57. The predicted octanol–water partition coefficient (Wildman–Crippen LogP) is 6.06. The van der Waals surface area contributed by atoms with Crippen LogP contribution in [0, 0.1) is 23.0 Å². The third-order valence-corrected chi connectivity index (χ3v) is 8.84. The second kappa shape index (κ2) is 13.9. The quantitative estimate of drug-likeness (QED) is 0.153. The van der Waals surface area contributed by atoms with Gasteiger partial charge in [-0.15, -0.1) is 0 Å². The van der Waals surface area contributed by atoms with E-state index in [1.807, 2.05) is 13.0 Å². The fourth-order valence-electron chi connectivity index (χ4n) is 5.89. The summed E-state index contributed by atoms with van der Waals surface area (Å²) in [5.74, 6) is 0.684. The second-order valence-electron chi connectivity index (χ2n) is 11.9.